The first-order valence-corrected chi connectivity index (χ1v) is 8.22. The fraction of sp³-hybridized carbons (Fsp3) is 0.238. The second-order valence-corrected chi connectivity index (χ2v) is 6.65. The zero-order valence-electron chi connectivity index (χ0n) is 15.2. The van der Waals surface area contributed by atoms with Gasteiger partial charge in [-0.2, -0.15) is 0 Å². The predicted octanol–water partition coefficient (Wildman–Crippen LogP) is 4.27. The van der Waals surface area contributed by atoms with Crippen molar-refractivity contribution in [3.05, 3.63) is 65.2 Å². The van der Waals surface area contributed by atoms with E-state index in [4.69, 9.17) is 9.47 Å². The summed E-state index contributed by atoms with van der Waals surface area (Å²) in [6.07, 6.45) is 2.06. The number of ether oxygens (including phenoxy) is 3. The Kier molecular flexibility index (Phi) is 4.55. The van der Waals surface area contributed by atoms with E-state index >= 15 is 0 Å². The van der Waals surface area contributed by atoms with E-state index in [-0.39, 0.29) is 0 Å². The Labute approximate surface area is 152 Å². The molecule has 0 N–H and O–H groups in total. The third-order valence-electron chi connectivity index (χ3n) is 4.07. The van der Waals surface area contributed by atoms with Crippen molar-refractivity contribution in [1.82, 2.24) is 0 Å². The van der Waals surface area contributed by atoms with Gasteiger partial charge in [0.1, 0.15) is 17.1 Å². The van der Waals surface area contributed by atoms with Gasteiger partial charge in [-0.25, -0.2) is 9.59 Å². The van der Waals surface area contributed by atoms with Crippen molar-refractivity contribution >= 4 is 17.5 Å². The standard InChI is InChI=1S/C21H20O5/c1-13-12-21(2,3)26-18-11-16(9-10-17(13)18)25-20(23)15-7-5-14(6-8-15)19(22)24-4/h5-12H,1-4H3. The molecule has 26 heavy (non-hydrogen) atoms. The molecule has 5 nitrogen and oxygen atoms in total. The van der Waals surface area contributed by atoms with Gasteiger partial charge in [0.2, 0.25) is 0 Å². The normalized spacial score (nSPS) is 14.5. The van der Waals surface area contributed by atoms with E-state index < -0.39 is 17.5 Å². The Bertz CT molecular complexity index is 891. The minimum Gasteiger partial charge on any atom is -0.483 e. The van der Waals surface area contributed by atoms with Gasteiger partial charge in [0.05, 0.1) is 18.2 Å². The largest absolute Gasteiger partial charge is 0.483 e. The van der Waals surface area contributed by atoms with Crippen molar-refractivity contribution in [3.63, 3.8) is 0 Å². The van der Waals surface area contributed by atoms with Crippen LogP contribution in [0.2, 0.25) is 0 Å². The second kappa shape index (κ2) is 6.67. The monoisotopic (exact) mass is 352 g/mol. The van der Waals surface area contributed by atoms with E-state index in [1.807, 2.05) is 26.8 Å². The quantitative estimate of drug-likeness (QED) is 0.610. The highest BCUT2D eigenvalue weighted by Crippen LogP contribution is 2.38. The highest BCUT2D eigenvalue weighted by molar-refractivity contribution is 5.94. The number of carbonyl (C=O) groups is 2. The molecule has 0 saturated heterocycles. The van der Waals surface area contributed by atoms with E-state index in [1.54, 1.807) is 12.1 Å². The molecular formula is C21H20O5. The minimum atomic E-state index is -0.510. The van der Waals surface area contributed by atoms with E-state index in [0.29, 0.717) is 22.6 Å². The van der Waals surface area contributed by atoms with Crippen molar-refractivity contribution in [2.75, 3.05) is 7.11 Å². The highest BCUT2D eigenvalue weighted by Gasteiger charge is 2.25. The molecular weight excluding hydrogens is 332 g/mol. The molecule has 0 saturated carbocycles. The summed E-state index contributed by atoms with van der Waals surface area (Å²) in [6.45, 7) is 5.97. The van der Waals surface area contributed by atoms with E-state index in [9.17, 15) is 9.59 Å². The summed E-state index contributed by atoms with van der Waals surface area (Å²) in [7, 11) is 1.31. The lowest BCUT2D eigenvalue weighted by Crippen LogP contribution is -2.28. The summed E-state index contributed by atoms with van der Waals surface area (Å²) in [4.78, 5) is 23.8. The molecule has 0 fully saturated rings. The first-order valence-electron chi connectivity index (χ1n) is 8.22. The summed E-state index contributed by atoms with van der Waals surface area (Å²) in [5.74, 6) is 0.115. The van der Waals surface area contributed by atoms with Crippen LogP contribution in [0.4, 0.5) is 0 Å². The lowest BCUT2D eigenvalue weighted by atomic mass is 9.96. The van der Waals surface area contributed by atoms with Gasteiger partial charge in [-0.05, 0) is 68.8 Å². The molecule has 2 aromatic carbocycles. The average Bonchev–Trinajstić information content (AvgIpc) is 2.59. The van der Waals surface area contributed by atoms with Gasteiger partial charge in [0.25, 0.3) is 0 Å². The topological polar surface area (TPSA) is 61.8 Å². The average molecular weight is 352 g/mol. The molecule has 0 bridgehead atoms. The molecule has 0 aliphatic carbocycles. The molecule has 0 radical (unpaired) electrons. The third kappa shape index (κ3) is 3.61. The number of carbonyl (C=O) groups excluding carboxylic acids is 2. The van der Waals surface area contributed by atoms with Gasteiger partial charge in [-0.15, -0.1) is 0 Å². The van der Waals surface area contributed by atoms with Crippen LogP contribution in [-0.4, -0.2) is 24.6 Å². The Balaban J connectivity index is 1.78. The van der Waals surface area contributed by atoms with Gasteiger partial charge in [-0.3, -0.25) is 0 Å². The van der Waals surface area contributed by atoms with Crippen LogP contribution in [0.25, 0.3) is 5.57 Å². The molecule has 5 heteroatoms. The van der Waals surface area contributed by atoms with Crippen LogP contribution in [0, 0.1) is 0 Å². The molecule has 0 atom stereocenters. The Morgan fingerprint density at radius 1 is 0.962 bits per heavy atom. The third-order valence-corrected chi connectivity index (χ3v) is 4.07. The van der Waals surface area contributed by atoms with Gasteiger partial charge in [-0.1, -0.05) is 0 Å². The van der Waals surface area contributed by atoms with Gasteiger partial charge in [0, 0.05) is 11.6 Å². The Morgan fingerprint density at radius 3 is 2.19 bits per heavy atom. The fourth-order valence-corrected chi connectivity index (χ4v) is 2.91. The fourth-order valence-electron chi connectivity index (χ4n) is 2.91. The first kappa shape index (κ1) is 17.7. The Morgan fingerprint density at radius 2 is 1.58 bits per heavy atom. The lowest BCUT2D eigenvalue weighted by molar-refractivity contribution is 0.0599. The highest BCUT2D eigenvalue weighted by atomic mass is 16.5. The molecule has 2 aromatic rings. The summed E-state index contributed by atoms with van der Waals surface area (Å²) in [5, 5.41) is 0. The maximum Gasteiger partial charge on any atom is 0.343 e. The SMILES string of the molecule is COC(=O)c1ccc(C(=O)Oc2ccc3c(c2)OC(C)(C)C=C3C)cc1. The summed E-state index contributed by atoms with van der Waals surface area (Å²) in [6, 6.07) is 11.4. The molecule has 3 rings (SSSR count). The first-order chi connectivity index (χ1) is 12.3. The molecule has 1 aliphatic heterocycles. The van der Waals surface area contributed by atoms with Crippen molar-refractivity contribution in [2.45, 2.75) is 26.4 Å². The van der Waals surface area contributed by atoms with E-state index in [0.717, 1.165) is 11.1 Å². The number of rotatable bonds is 3. The number of hydrogen-bond acceptors (Lipinski definition) is 5. The number of benzene rings is 2. The summed E-state index contributed by atoms with van der Waals surface area (Å²) in [5.41, 5.74) is 2.39. The Hall–Kier alpha value is -3.08. The maximum atomic E-state index is 12.3. The zero-order valence-corrected chi connectivity index (χ0v) is 15.2. The minimum absolute atomic E-state index is 0.340. The molecule has 134 valence electrons. The van der Waals surface area contributed by atoms with Crippen LogP contribution in [0.15, 0.2) is 48.5 Å². The number of hydrogen-bond donors (Lipinski definition) is 0. The summed E-state index contributed by atoms with van der Waals surface area (Å²) < 4.78 is 16.0. The molecule has 1 heterocycles. The van der Waals surface area contributed by atoms with Gasteiger partial charge in [0.15, 0.2) is 0 Å². The molecule has 0 aromatic heterocycles. The van der Waals surface area contributed by atoms with Crippen molar-refractivity contribution in [3.8, 4) is 11.5 Å². The van der Waals surface area contributed by atoms with Crippen LogP contribution in [0.3, 0.4) is 0 Å². The zero-order chi connectivity index (χ0) is 18.9. The molecule has 0 amide bonds. The maximum absolute atomic E-state index is 12.3. The second-order valence-electron chi connectivity index (χ2n) is 6.65. The van der Waals surface area contributed by atoms with Gasteiger partial charge < -0.3 is 14.2 Å². The molecule has 0 unspecified atom stereocenters. The lowest BCUT2D eigenvalue weighted by Gasteiger charge is -2.30. The number of allylic oxidation sites excluding steroid dienone is 1. The van der Waals surface area contributed by atoms with Crippen molar-refractivity contribution < 1.29 is 23.8 Å². The predicted molar refractivity (Wildman–Crippen MR) is 97.5 cm³/mol. The number of methoxy groups -OCH3 is 1. The van der Waals surface area contributed by atoms with Crippen LogP contribution >= 0.6 is 0 Å². The van der Waals surface area contributed by atoms with E-state index in [1.165, 1.54) is 31.4 Å². The van der Waals surface area contributed by atoms with Crippen LogP contribution in [0.5, 0.6) is 11.5 Å². The molecule has 0 spiro atoms. The number of esters is 2. The summed E-state index contributed by atoms with van der Waals surface area (Å²) >= 11 is 0. The van der Waals surface area contributed by atoms with Crippen LogP contribution < -0.4 is 9.47 Å². The van der Waals surface area contributed by atoms with Crippen molar-refractivity contribution in [1.29, 1.82) is 0 Å². The number of fused-ring (bicyclic) bond motifs is 1. The van der Waals surface area contributed by atoms with Crippen LogP contribution in [-0.2, 0) is 4.74 Å². The molecule has 1 aliphatic rings. The van der Waals surface area contributed by atoms with Gasteiger partial charge >= 0.3 is 11.9 Å². The van der Waals surface area contributed by atoms with E-state index in [2.05, 4.69) is 10.8 Å². The van der Waals surface area contributed by atoms with Crippen molar-refractivity contribution in [2.24, 2.45) is 0 Å². The van der Waals surface area contributed by atoms with Crippen LogP contribution in [0.1, 0.15) is 47.1 Å². The smallest absolute Gasteiger partial charge is 0.343 e.